The Morgan fingerprint density at radius 3 is 2.53 bits per heavy atom. The number of allylic oxidation sites excluding steroid dienone is 2. The molecule has 1 aliphatic rings. The van der Waals surface area contributed by atoms with E-state index in [0.717, 1.165) is 17.8 Å². The van der Waals surface area contributed by atoms with Gasteiger partial charge in [-0.2, -0.15) is 0 Å². The van der Waals surface area contributed by atoms with E-state index in [4.69, 9.17) is 0 Å². The third kappa shape index (κ3) is 1.81. The number of rotatable bonds is 0. The molecule has 0 spiro atoms. The lowest BCUT2D eigenvalue weighted by molar-refractivity contribution is 0.552. The molecule has 0 aromatic carbocycles. The highest BCUT2D eigenvalue weighted by molar-refractivity contribution is 5.70. The molecule has 2 rings (SSSR count). The van der Waals surface area contributed by atoms with Gasteiger partial charge in [-0.15, -0.1) is 0 Å². The van der Waals surface area contributed by atoms with Crippen molar-refractivity contribution in [2.45, 2.75) is 40.0 Å². The Balaban J connectivity index is 2.55. The van der Waals surface area contributed by atoms with Crippen molar-refractivity contribution in [1.82, 2.24) is 9.97 Å². The Morgan fingerprint density at radius 2 is 1.87 bits per heavy atom. The first-order chi connectivity index (χ1) is 7.00. The van der Waals surface area contributed by atoms with Crippen LogP contribution in [0.1, 0.15) is 51.4 Å². The number of hydrogen-bond acceptors (Lipinski definition) is 2. The molecular weight excluding hydrogens is 184 g/mol. The molecule has 1 atom stereocenters. The Bertz CT molecular complexity index is 399. The lowest BCUT2D eigenvalue weighted by Crippen LogP contribution is -2.17. The van der Waals surface area contributed by atoms with Gasteiger partial charge in [0, 0.05) is 18.3 Å². The SMILES string of the molecule is CC1CC=C(C(C)(C)C)c2nccnc21. The summed E-state index contributed by atoms with van der Waals surface area (Å²) in [6.07, 6.45) is 6.98. The van der Waals surface area contributed by atoms with Crippen molar-refractivity contribution in [2.24, 2.45) is 5.41 Å². The predicted molar refractivity (Wildman–Crippen MR) is 62.5 cm³/mol. The maximum Gasteiger partial charge on any atom is 0.0882 e. The van der Waals surface area contributed by atoms with Crippen LogP contribution in [-0.2, 0) is 0 Å². The molecule has 0 fully saturated rings. The van der Waals surface area contributed by atoms with Crippen LogP contribution in [0.25, 0.3) is 5.57 Å². The van der Waals surface area contributed by atoms with Gasteiger partial charge in [0.15, 0.2) is 0 Å². The van der Waals surface area contributed by atoms with Gasteiger partial charge in [0.2, 0.25) is 0 Å². The van der Waals surface area contributed by atoms with Crippen molar-refractivity contribution in [1.29, 1.82) is 0 Å². The van der Waals surface area contributed by atoms with E-state index in [2.05, 4.69) is 43.7 Å². The summed E-state index contributed by atoms with van der Waals surface area (Å²) in [5, 5.41) is 0. The van der Waals surface area contributed by atoms with Crippen molar-refractivity contribution < 1.29 is 0 Å². The highest BCUT2D eigenvalue weighted by Gasteiger charge is 2.27. The number of aromatic nitrogens is 2. The molecule has 0 aliphatic heterocycles. The van der Waals surface area contributed by atoms with Crippen LogP contribution in [-0.4, -0.2) is 9.97 Å². The van der Waals surface area contributed by atoms with Crippen LogP contribution in [0.4, 0.5) is 0 Å². The predicted octanol–water partition coefficient (Wildman–Crippen LogP) is 3.41. The summed E-state index contributed by atoms with van der Waals surface area (Å²) >= 11 is 0. The third-order valence-corrected chi connectivity index (χ3v) is 2.93. The zero-order valence-electron chi connectivity index (χ0n) is 9.91. The van der Waals surface area contributed by atoms with E-state index >= 15 is 0 Å². The lowest BCUT2D eigenvalue weighted by atomic mass is 9.78. The minimum Gasteiger partial charge on any atom is -0.257 e. The van der Waals surface area contributed by atoms with Crippen molar-refractivity contribution in [2.75, 3.05) is 0 Å². The normalized spacial score (nSPS) is 20.8. The standard InChI is InChI=1S/C13H18N2/c1-9-5-6-10(13(2,3)4)12-11(9)14-7-8-15-12/h6-9H,5H2,1-4H3. The average molecular weight is 202 g/mol. The monoisotopic (exact) mass is 202 g/mol. The van der Waals surface area contributed by atoms with Crippen molar-refractivity contribution >= 4 is 5.57 Å². The second-order valence-electron chi connectivity index (χ2n) is 5.29. The minimum absolute atomic E-state index is 0.158. The van der Waals surface area contributed by atoms with Gasteiger partial charge in [0.25, 0.3) is 0 Å². The summed E-state index contributed by atoms with van der Waals surface area (Å²) in [5.74, 6) is 0.500. The summed E-state index contributed by atoms with van der Waals surface area (Å²) in [7, 11) is 0. The second-order valence-corrected chi connectivity index (χ2v) is 5.29. The van der Waals surface area contributed by atoms with Gasteiger partial charge >= 0.3 is 0 Å². The topological polar surface area (TPSA) is 25.8 Å². The smallest absolute Gasteiger partial charge is 0.0882 e. The molecule has 2 heteroatoms. The Hall–Kier alpha value is -1.18. The van der Waals surface area contributed by atoms with Crippen LogP contribution in [0, 0.1) is 5.41 Å². The molecule has 1 aromatic rings. The summed E-state index contributed by atoms with van der Waals surface area (Å²) in [6, 6.07) is 0. The van der Waals surface area contributed by atoms with E-state index in [0.29, 0.717) is 5.92 Å². The Labute approximate surface area is 91.5 Å². The Morgan fingerprint density at radius 1 is 1.20 bits per heavy atom. The fraction of sp³-hybridized carbons (Fsp3) is 0.538. The van der Waals surface area contributed by atoms with Gasteiger partial charge < -0.3 is 0 Å². The zero-order valence-corrected chi connectivity index (χ0v) is 9.91. The molecule has 0 N–H and O–H groups in total. The van der Waals surface area contributed by atoms with Gasteiger partial charge in [-0.1, -0.05) is 33.8 Å². The molecule has 2 nitrogen and oxygen atoms in total. The van der Waals surface area contributed by atoms with Crippen LogP contribution in [0.15, 0.2) is 18.5 Å². The molecule has 1 heterocycles. The van der Waals surface area contributed by atoms with Crippen LogP contribution < -0.4 is 0 Å². The molecule has 0 bridgehead atoms. The van der Waals surface area contributed by atoms with E-state index in [1.165, 1.54) is 5.57 Å². The Kier molecular flexibility index (Phi) is 2.37. The van der Waals surface area contributed by atoms with E-state index in [1.807, 2.05) is 0 Å². The van der Waals surface area contributed by atoms with Crippen molar-refractivity contribution in [3.8, 4) is 0 Å². The van der Waals surface area contributed by atoms with E-state index in [-0.39, 0.29) is 5.41 Å². The van der Waals surface area contributed by atoms with Crippen molar-refractivity contribution in [3.63, 3.8) is 0 Å². The van der Waals surface area contributed by atoms with Gasteiger partial charge in [-0.25, -0.2) is 0 Å². The van der Waals surface area contributed by atoms with Crippen LogP contribution >= 0.6 is 0 Å². The number of hydrogen-bond donors (Lipinski definition) is 0. The summed E-state index contributed by atoms with van der Waals surface area (Å²) in [6.45, 7) is 8.90. The maximum absolute atomic E-state index is 4.49. The molecule has 0 radical (unpaired) electrons. The molecular formula is C13H18N2. The van der Waals surface area contributed by atoms with E-state index in [1.54, 1.807) is 12.4 Å². The number of nitrogens with zero attached hydrogens (tertiary/aromatic N) is 2. The van der Waals surface area contributed by atoms with Crippen LogP contribution in [0.5, 0.6) is 0 Å². The first-order valence-electron chi connectivity index (χ1n) is 5.52. The lowest BCUT2D eigenvalue weighted by Gasteiger charge is -2.29. The molecule has 0 saturated carbocycles. The van der Waals surface area contributed by atoms with E-state index in [9.17, 15) is 0 Å². The van der Waals surface area contributed by atoms with Crippen LogP contribution in [0.2, 0.25) is 0 Å². The van der Waals surface area contributed by atoms with E-state index < -0.39 is 0 Å². The van der Waals surface area contributed by atoms with Crippen LogP contribution in [0.3, 0.4) is 0 Å². The molecule has 0 saturated heterocycles. The molecule has 0 amide bonds. The largest absolute Gasteiger partial charge is 0.257 e. The molecule has 1 aromatic heterocycles. The average Bonchev–Trinajstić information content (AvgIpc) is 2.17. The molecule has 1 unspecified atom stereocenters. The quantitative estimate of drug-likeness (QED) is 0.644. The van der Waals surface area contributed by atoms with Gasteiger partial charge in [-0.05, 0) is 17.4 Å². The number of fused-ring (bicyclic) bond motifs is 1. The maximum atomic E-state index is 4.49. The first kappa shape index (κ1) is 10.3. The second kappa shape index (κ2) is 3.44. The van der Waals surface area contributed by atoms with Gasteiger partial charge in [0.05, 0.1) is 11.4 Å². The van der Waals surface area contributed by atoms with Crippen molar-refractivity contribution in [3.05, 3.63) is 29.9 Å². The van der Waals surface area contributed by atoms with Gasteiger partial charge in [-0.3, -0.25) is 9.97 Å². The fourth-order valence-electron chi connectivity index (χ4n) is 2.08. The molecule has 80 valence electrons. The molecule has 15 heavy (non-hydrogen) atoms. The molecule has 1 aliphatic carbocycles. The zero-order chi connectivity index (χ0) is 11.1. The summed E-state index contributed by atoms with van der Waals surface area (Å²) in [4.78, 5) is 8.95. The third-order valence-electron chi connectivity index (χ3n) is 2.93. The summed E-state index contributed by atoms with van der Waals surface area (Å²) in [5.41, 5.74) is 3.75. The summed E-state index contributed by atoms with van der Waals surface area (Å²) < 4.78 is 0. The first-order valence-corrected chi connectivity index (χ1v) is 5.52. The van der Waals surface area contributed by atoms with Gasteiger partial charge in [0.1, 0.15) is 0 Å². The minimum atomic E-state index is 0.158. The highest BCUT2D eigenvalue weighted by atomic mass is 14.8. The fourth-order valence-corrected chi connectivity index (χ4v) is 2.08. The highest BCUT2D eigenvalue weighted by Crippen LogP contribution is 2.40.